The van der Waals surface area contributed by atoms with Crippen molar-refractivity contribution in [1.29, 1.82) is 0 Å². The monoisotopic (exact) mass is 443 g/mol. The number of hydrogen-bond acceptors (Lipinski definition) is 8. The van der Waals surface area contributed by atoms with Crippen LogP contribution in [0.5, 0.6) is 17.2 Å². The molecule has 3 N–H and O–H groups in total. The van der Waals surface area contributed by atoms with Crippen LogP contribution in [-0.4, -0.2) is 62.2 Å². The normalized spacial score (nSPS) is 15.2. The van der Waals surface area contributed by atoms with E-state index in [1.165, 1.54) is 43.5 Å². The van der Waals surface area contributed by atoms with Gasteiger partial charge in [0, 0.05) is 30.3 Å². The quantitative estimate of drug-likeness (QED) is 0.472. The van der Waals surface area contributed by atoms with Gasteiger partial charge in [-0.2, -0.15) is 0 Å². The Morgan fingerprint density at radius 1 is 1.12 bits per heavy atom. The second-order valence-corrected chi connectivity index (χ2v) is 6.91. The van der Waals surface area contributed by atoms with Crippen molar-refractivity contribution in [3.05, 3.63) is 58.7 Å². The Labute approximate surface area is 185 Å². The van der Waals surface area contributed by atoms with Gasteiger partial charge >= 0.3 is 5.97 Å². The standard InChI is InChI=1S/C19H16O7.C4H9NO/c1-24-14-3-4-15(17(21)8-14)16(20)5-2-11-6-12(19(22)23)7-13-9-25-10-26-18(11)13;1-3-6-4-2-5-1/h2-8,21H,9-10H2,1H3,(H,22,23);5H,1-4H2. The molecule has 9 nitrogen and oxygen atoms in total. The fourth-order valence-electron chi connectivity index (χ4n) is 3.11. The predicted molar refractivity (Wildman–Crippen MR) is 115 cm³/mol. The predicted octanol–water partition coefficient (Wildman–Crippen LogP) is 2.47. The zero-order valence-electron chi connectivity index (χ0n) is 17.6. The molecule has 0 aliphatic carbocycles. The molecule has 2 aromatic carbocycles. The summed E-state index contributed by atoms with van der Waals surface area (Å²) < 4.78 is 20.6. The van der Waals surface area contributed by atoms with Crippen LogP contribution in [0.1, 0.15) is 31.8 Å². The van der Waals surface area contributed by atoms with Gasteiger partial charge in [-0.25, -0.2) is 4.79 Å². The summed E-state index contributed by atoms with van der Waals surface area (Å²) in [5.41, 5.74) is 1.21. The molecule has 32 heavy (non-hydrogen) atoms. The number of ketones is 1. The molecule has 9 heteroatoms. The lowest BCUT2D eigenvalue weighted by Crippen LogP contribution is -2.30. The van der Waals surface area contributed by atoms with Gasteiger partial charge in [-0.1, -0.05) is 0 Å². The minimum Gasteiger partial charge on any atom is -0.507 e. The lowest BCUT2D eigenvalue weighted by atomic mass is 10.0. The maximum Gasteiger partial charge on any atom is 0.335 e. The Morgan fingerprint density at radius 2 is 1.91 bits per heavy atom. The Morgan fingerprint density at radius 3 is 2.50 bits per heavy atom. The summed E-state index contributed by atoms with van der Waals surface area (Å²) in [6.45, 7) is 4.11. The van der Waals surface area contributed by atoms with Crippen LogP contribution in [0.2, 0.25) is 0 Å². The van der Waals surface area contributed by atoms with Gasteiger partial charge < -0.3 is 34.5 Å². The number of carboxylic acids is 1. The highest BCUT2D eigenvalue weighted by atomic mass is 16.7. The molecule has 0 spiro atoms. The number of aromatic hydroxyl groups is 1. The highest BCUT2D eigenvalue weighted by Gasteiger charge is 2.18. The van der Waals surface area contributed by atoms with E-state index in [4.69, 9.17) is 18.9 Å². The maximum absolute atomic E-state index is 12.4. The summed E-state index contributed by atoms with van der Waals surface area (Å²) in [5.74, 6) is -0.826. The maximum atomic E-state index is 12.4. The van der Waals surface area contributed by atoms with Gasteiger partial charge in [0.2, 0.25) is 0 Å². The van der Waals surface area contributed by atoms with Crippen molar-refractivity contribution < 1.29 is 38.7 Å². The summed E-state index contributed by atoms with van der Waals surface area (Å²) in [4.78, 5) is 23.6. The Kier molecular flexibility index (Phi) is 8.20. The Balaban J connectivity index is 0.000000416. The van der Waals surface area contributed by atoms with Crippen molar-refractivity contribution in [2.24, 2.45) is 0 Å². The minimum absolute atomic E-state index is 0.0491. The van der Waals surface area contributed by atoms with Crippen LogP contribution in [0.3, 0.4) is 0 Å². The van der Waals surface area contributed by atoms with E-state index in [0.29, 0.717) is 22.6 Å². The number of rotatable bonds is 5. The number of fused-ring (bicyclic) bond motifs is 1. The molecular weight excluding hydrogens is 418 g/mol. The van der Waals surface area contributed by atoms with Crippen molar-refractivity contribution in [2.75, 3.05) is 40.2 Å². The van der Waals surface area contributed by atoms with Crippen molar-refractivity contribution in [3.63, 3.8) is 0 Å². The van der Waals surface area contributed by atoms with Crippen LogP contribution in [-0.2, 0) is 16.1 Å². The first-order valence-electron chi connectivity index (χ1n) is 9.98. The zero-order valence-corrected chi connectivity index (χ0v) is 17.6. The Bertz CT molecular complexity index is 986. The van der Waals surface area contributed by atoms with E-state index in [2.05, 4.69) is 5.32 Å². The van der Waals surface area contributed by atoms with E-state index in [1.807, 2.05) is 0 Å². The number of ether oxygens (including phenoxy) is 4. The Hall–Kier alpha value is -3.40. The first kappa shape index (κ1) is 23.3. The lowest BCUT2D eigenvalue weighted by molar-refractivity contribution is -0.0165. The van der Waals surface area contributed by atoms with E-state index in [-0.39, 0.29) is 30.3 Å². The smallest absolute Gasteiger partial charge is 0.335 e. The molecule has 0 aromatic heterocycles. The van der Waals surface area contributed by atoms with Crippen LogP contribution in [0.4, 0.5) is 0 Å². The van der Waals surface area contributed by atoms with Gasteiger partial charge in [-0.15, -0.1) is 0 Å². The van der Waals surface area contributed by atoms with Gasteiger partial charge in [0.25, 0.3) is 0 Å². The summed E-state index contributed by atoms with van der Waals surface area (Å²) in [5, 5.41) is 22.3. The largest absolute Gasteiger partial charge is 0.507 e. The molecule has 0 unspecified atom stereocenters. The minimum atomic E-state index is -1.09. The average Bonchev–Trinajstić information content (AvgIpc) is 2.83. The topological polar surface area (TPSA) is 124 Å². The van der Waals surface area contributed by atoms with Gasteiger partial charge in [0.05, 0.1) is 38.1 Å². The molecule has 2 aliphatic rings. The lowest BCUT2D eigenvalue weighted by Gasteiger charge is -2.20. The van der Waals surface area contributed by atoms with Crippen LogP contribution >= 0.6 is 0 Å². The van der Waals surface area contributed by atoms with E-state index < -0.39 is 11.8 Å². The number of hydrogen-bond donors (Lipinski definition) is 3. The second kappa shape index (κ2) is 11.3. The summed E-state index contributed by atoms with van der Waals surface area (Å²) in [6.07, 6.45) is 2.71. The van der Waals surface area contributed by atoms with Crippen LogP contribution in [0.25, 0.3) is 6.08 Å². The number of carboxylic acid groups (broad SMARTS) is 1. The van der Waals surface area contributed by atoms with E-state index in [9.17, 15) is 19.8 Å². The number of aromatic carboxylic acids is 1. The fourth-order valence-corrected chi connectivity index (χ4v) is 3.11. The first-order chi connectivity index (χ1) is 15.5. The number of carbonyl (C=O) groups excluding carboxylic acids is 1. The van der Waals surface area contributed by atoms with E-state index in [0.717, 1.165) is 26.3 Å². The second-order valence-electron chi connectivity index (χ2n) is 6.91. The molecule has 0 atom stereocenters. The molecular formula is C23H25NO8. The number of benzene rings is 2. The molecule has 2 aliphatic heterocycles. The molecule has 4 rings (SSSR count). The number of nitrogens with one attached hydrogen (secondary N) is 1. The summed E-state index contributed by atoms with van der Waals surface area (Å²) >= 11 is 0. The molecule has 2 aromatic rings. The third-order valence-corrected chi connectivity index (χ3v) is 4.72. The van der Waals surface area contributed by atoms with E-state index >= 15 is 0 Å². The molecule has 0 amide bonds. The van der Waals surface area contributed by atoms with Gasteiger partial charge in [-0.3, -0.25) is 4.79 Å². The fraction of sp³-hybridized carbons (Fsp3) is 0.304. The molecule has 0 bridgehead atoms. The van der Waals surface area contributed by atoms with Crippen LogP contribution < -0.4 is 14.8 Å². The SMILES string of the molecule is C1COCCN1.COc1ccc(C(=O)C=Cc2cc(C(=O)O)cc3c2OCOC3)c(O)c1. The number of phenolic OH excluding ortho intramolecular Hbond substituents is 1. The molecule has 1 fully saturated rings. The van der Waals surface area contributed by atoms with Crippen LogP contribution in [0.15, 0.2) is 36.4 Å². The summed E-state index contributed by atoms with van der Waals surface area (Å²) in [7, 11) is 1.46. The molecule has 170 valence electrons. The highest BCUT2D eigenvalue weighted by Crippen LogP contribution is 2.31. The van der Waals surface area contributed by atoms with Crippen LogP contribution in [0, 0.1) is 0 Å². The molecule has 1 saturated heterocycles. The number of allylic oxidation sites excluding steroid dienone is 1. The first-order valence-corrected chi connectivity index (χ1v) is 9.98. The molecule has 2 heterocycles. The van der Waals surface area contributed by atoms with Crippen molar-refractivity contribution in [1.82, 2.24) is 5.32 Å². The number of morpholine rings is 1. The van der Waals surface area contributed by atoms with Crippen molar-refractivity contribution in [3.8, 4) is 17.2 Å². The van der Waals surface area contributed by atoms with E-state index in [1.54, 1.807) is 6.07 Å². The molecule has 0 saturated carbocycles. The average molecular weight is 443 g/mol. The third kappa shape index (κ3) is 6.07. The van der Waals surface area contributed by atoms with Gasteiger partial charge in [0.1, 0.15) is 17.2 Å². The molecule has 0 radical (unpaired) electrons. The van der Waals surface area contributed by atoms with Crippen molar-refractivity contribution >= 4 is 17.8 Å². The van der Waals surface area contributed by atoms with Gasteiger partial charge in [-0.05, 0) is 36.4 Å². The van der Waals surface area contributed by atoms with Gasteiger partial charge in [0.15, 0.2) is 12.6 Å². The van der Waals surface area contributed by atoms with Crippen molar-refractivity contribution in [2.45, 2.75) is 6.61 Å². The number of phenols is 1. The summed E-state index contributed by atoms with van der Waals surface area (Å²) in [6, 6.07) is 7.26. The zero-order chi connectivity index (χ0) is 22.9. The third-order valence-electron chi connectivity index (χ3n) is 4.72. The number of methoxy groups -OCH3 is 1. The number of carbonyl (C=O) groups is 2. The highest BCUT2D eigenvalue weighted by molar-refractivity contribution is 6.09.